The molecule has 1 heterocycles. The Morgan fingerprint density at radius 2 is 1.16 bits per heavy atom. The normalized spacial score (nSPS) is 13.5. The van der Waals surface area contributed by atoms with E-state index in [1.807, 2.05) is 0 Å². The predicted octanol–water partition coefficient (Wildman–Crippen LogP) is 3.56. The highest BCUT2D eigenvalue weighted by atomic mass is 31.1. The standard InChI is InChI=1S/C22H21O2P/c1-23-21-16-8-6-12-19(21)25(18-10-4-3-5-11-18)20-13-7-9-17(15-14-16)22(20)24-2/h3-13H,14-15H2,1-2H3. The molecule has 126 valence electrons. The number of fused-ring (bicyclic) bond motifs is 4. The molecule has 3 aromatic rings. The molecule has 0 atom stereocenters. The Bertz CT molecular complexity index is 834. The first-order valence-electron chi connectivity index (χ1n) is 8.50. The van der Waals surface area contributed by atoms with Crippen LogP contribution >= 0.6 is 7.92 Å². The van der Waals surface area contributed by atoms with Gasteiger partial charge < -0.3 is 9.47 Å². The van der Waals surface area contributed by atoms with Gasteiger partial charge in [0.15, 0.2) is 0 Å². The molecule has 0 spiro atoms. The van der Waals surface area contributed by atoms with Gasteiger partial charge in [-0.15, -0.1) is 0 Å². The van der Waals surface area contributed by atoms with Crippen molar-refractivity contribution in [1.29, 1.82) is 0 Å². The van der Waals surface area contributed by atoms with Gasteiger partial charge in [0.25, 0.3) is 0 Å². The lowest BCUT2D eigenvalue weighted by Crippen LogP contribution is -2.23. The molecule has 0 unspecified atom stereocenters. The quantitative estimate of drug-likeness (QED) is 0.674. The highest BCUT2D eigenvalue weighted by molar-refractivity contribution is 7.80. The lowest BCUT2D eigenvalue weighted by atomic mass is 10.0. The smallest absolute Gasteiger partial charge is 0.130 e. The van der Waals surface area contributed by atoms with Crippen LogP contribution in [-0.2, 0) is 12.8 Å². The van der Waals surface area contributed by atoms with Crippen molar-refractivity contribution in [1.82, 2.24) is 0 Å². The van der Waals surface area contributed by atoms with Crippen molar-refractivity contribution >= 4 is 23.8 Å². The van der Waals surface area contributed by atoms with Crippen LogP contribution in [0.3, 0.4) is 0 Å². The van der Waals surface area contributed by atoms with Crippen molar-refractivity contribution in [3.63, 3.8) is 0 Å². The van der Waals surface area contributed by atoms with E-state index in [2.05, 4.69) is 66.7 Å². The summed E-state index contributed by atoms with van der Waals surface area (Å²) in [4.78, 5) is 0. The predicted molar refractivity (Wildman–Crippen MR) is 106 cm³/mol. The molecule has 0 aliphatic carbocycles. The first-order chi connectivity index (χ1) is 12.3. The second-order valence-corrected chi connectivity index (χ2v) is 8.26. The van der Waals surface area contributed by atoms with Crippen LogP contribution in [0.25, 0.3) is 0 Å². The molecular weight excluding hydrogens is 327 g/mol. The maximum atomic E-state index is 5.89. The van der Waals surface area contributed by atoms with Gasteiger partial charge in [-0.1, -0.05) is 66.7 Å². The van der Waals surface area contributed by atoms with E-state index in [0.717, 1.165) is 24.3 Å². The number of rotatable bonds is 3. The van der Waals surface area contributed by atoms with Gasteiger partial charge in [0.2, 0.25) is 0 Å². The van der Waals surface area contributed by atoms with E-state index in [1.165, 1.54) is 27.0 Å². The van der Waals surface area contributed by atoms with Crippen molar-refractivity contribution < 1.29 is 9.47 Å². The Balaban J connectivity index is 2.06. The van der Waals surface area contributed by atoms with Gasteiger partial charge in [-0.2, -0.15) is 0 Å². The lowest BCUT2D eigenvalue weighted by molar-refractivity contribution is 0.410. The zero-order valence-corrected chi connectivity index (χ0v) is 15.4. The van der Waals surface area contributed by atoms with E-state index in [-0.39, 0.29) is 0 Å². The molecule has 3 heteroatoms. The summed E-state index contributed by atoms with van der Waals surface area (Å²) in [5, 5.41) is 3.84. The van der Waals surface area contributed by atoms with Crippen molar-refractivity contribution in [3.8, 4) is 11.5 Å². The van der Waals surface area contributed by atoms with E-state index in [0.29, 0.717) is 0 Å². The molecule has 1 aliphatic rings. The number of methoxy groups -OCH3 is 2. The van der Waals surface area contributed by atoms with Crippen LogP contribution in [-0.4, -0.2) is 14.2 Å². The lowest BCUT2D eigenvalue weighted by Gasteiger charge is -2.24. The Labute approximate surface area is 150 Å². The summed E-state index contributed by atoms with van der Waals surface area (Å²) in [6.07, 6.45) is 1.91. The summed E-state index contributed by atoms with van der Waals surface area (Å²) in [7, 11) is 2.82. The first-order valence-corrected chi connectivity index (χ1v) is 9.84. The van der Waals surface area contributed by atoms with Crippen molar-refractivity contribution in [3.05, 3.63) is 77.9 Å². The van der Waals surface area contributed by atoms with Crippen molar-refractivity contribution in [2.45, 2.75) is 12.8 Å². The van der Waals surface area contributed by atoms with E-state index >= 15 is 0 Å². The third-order valence-corrected chi connectivity index (χ3v) is 7.20. The number of benzene rings is 3. The SMILES string of the molecule is COc1c2cccc1P(c1ccccc1)c1cccc(c1OC)CC2. The molecule has 4 bridgehead atoms. The van der Waals surface area contributed by atoms with E-state index in [1.54, 1.807) is 14.2 Å². The molecule has 0 aromatic heterocycles. The van der Waals surface area contributed by atoms with Gasteiger partial charge in [0.1, 0.15) is 11.5 Å². The summed E-state index contributed by atoms with van der Waals surface area (Å²) in [5.74, 6) is 2.06. The number of ether oxygens (including phenoxy) is 2. The number of hydrogen-bond acceptors (Lipinski definition) is 2. The van der Waals surface area contributed by atoms with Crippen molar-refractivity contribution in [2.75, 3.05) is 14.2 Å². The fourth-order valence-electron chi connectivity index (χ4n) is 3.61. The Kier molecular flexibility index (Phi) is 4.46. The third-order valence-electron chi connectivity index (χ3n) is 4.72. The van der Waals surface area contributed by atoms with Crippen molar-refractivity contribution in [2.24, 2.45) is 0 Å². The molecule has 0 saturated carbocycles. The average Bonchev–Trinajstić information content (AvgIpc) is 2.68. The average molecular weight is 348 g/mol. The Morgan fingerprint density at radius 1 is 0.640 bits per heavy atom. The maximum Gasteiger partial charge on any atom is 0.130 e. The zero-order valence-electron chi connectivity index (χ0n) is 14.5. The largest absolute Gasteiger partial charge is 0.496 e. The van der Waals surface area contributed by atoms with Crippen LogP contribution in [0.15, 0.2) is 66.7 Å². The molecule has 0 amide bonds. The van der Waals surface area contributed by atoms with Gasteiger partial charge in [-0.25, -0.2) is 0 Å². The summed E-state index contributed by atoms with van der Waals surface area (Å²) >= 11 is 0. The van der Waals surface area contributed by atoms with E-state index in [9.17, 15) is 0 Å². The highest BCUT2D eigenvalue weighted by Crippen LogP contribution is 2.42. The third kappa shape index (κ3) is 2.81. The molecule has 3 aromatic carbocycles. The van der Waals surface area contributed by atoms with E-state index < -0.39 is 7.92 Å². The second-order valence-electron chi connectivity index (χ2n) is 6.11. The van der Waals surface area contributed by atoms with E-state index in [4.69, 9.17) is 9.47 Å². The van der Waals surface area contributed by atoms with Crippen LogP contribution in [0.5, 0.6) is 11.5 Å². The van der Waals surface area contributed by atoms with Gasteiger partial charge in [-0.05, 0) is 37.2 Å². The fraction of sp³-hybridized carbons (Fsp3) is 0.182. The van der Waals surface area contributed by atoms with Gasteiger partial charge >= 0.3 is 0 Å². The molecule has 0 saturated heterocycles. The highest BCUT2D eigenvalue weighted by Gasteiger charge is 2.27. The maximum absolute atomic E-state index is 5.89. The first kappa shape index (κ1) is 16.2. The van der Waals surface area contributed by atoms with Gasteiger partial charge in [0, 0.05) is 10.6 Å². The van der Waals surface area contributed by atoms with Crippen LogP contribution < -0.4 is 25.4 Å². The van der Waals surface area contributed by atoms with Gasteiger partial charge in [-0.3, -0.25) is 0 Å². The summed E-state index contributed by atoms with van der Waals surface area (Å²) in [6.45, 7) is 0. The molecule has 2 nitrogen and oxygen atoms in total. The molecule has 0 N–H and O–H groups in total. The summed E-state index contributed by atoms with van der Waals surface area (Å²) in [5.41, 5.74) is 2.54. The molecule has 25 heavy (non-hydrogen) atoms. The molecule has 0 radical (unpaired) electrons. The van der Waals surface area contributed by atoms with Crippen LogP contribution in [0.1, 0.15) is 11.1 Å². The Morgan fingerprint density at radius 3 is 1.64 bits per heavy atom. The second kappa shape index (κ2) is 6.90. The van der Waals surface area contributed by atoms with Crippen LogP contribution in [0.2, 0.25) is 0 Å². The Hall–Kier alpha value is -2.31. The number of hydrogen-bond donors (Lipinski definition) is 0. The molecular formula is C22H21O2P. The summed E-state index contributed by atoms with van der Waals surface area (Å²) < 4.78 is 11.8. The fourth-order valence-corrected chi connectivity index (χ4v) is 6.25. The molecule has 4 rings (SSSR count). The minimum Gasteiger partial charge on any atom is -0.496 e. The van der Waals surface area contributed by atoms with Crippen LogP contribution in [0.4, 0.5) is 0 Å². The summed E-state index contributed by atoms with van der Waals surface area (Å²) in [6, 6.07) is 23.8. The zero-order chi connectivity index (χ0) is 17.2. The number of para-hydroxylation sites is 2. The topological polar surface area (TPSA) is 18.5 Å². The molecule has 0 fully saturated rings. The number of aryl methyl sites for hydroxylation is 2. The minimum absolute atomic E-state index is 0.742. The minimum atomic E-state index is -0.742. The monoisotopic (exact) mass is 348 g/mol. The molecule has 1 aliphatic heterocycles. The van der Waals surface area contributed by atoms with Gasteiger partial charge in [0.05, 0.1) is 14.2 Å². The van der Waals surface area contributed by atoms with Crippen LogP contribution in [0, 0.1) is 0 Å².